The number of nitrogens with zero attached hydrogens (tertiary/aromatic N) is 1. The molecule has 1 aromatic heterocycles. The summed E-state index contributed by atoms with van der Waals surface area (Å²) < 4.78 is 5.75. The van der Waals surface area contributed by atoms with Gasteiger partial charge in [-0.2, -0.15) is 0 Å². The summed E-state index contributed by atoms with van der Waals surface area (Å²) >= 11 is 3.29. The number of halogens is 1. The standard InChI is InChI=1S/C13H17BrN2O4/c1-13(2,3)20-12(19)16-9(7-10(17)18)11-8(14)5-4-6-15-11/h4-6,9H,7H2,1-3H3,(H,16,19)(H,17,18)/t9-/m0/s1. The largest absolute Gasteiger partial charge is 0.481 e. The minimum Gasteiger partial charge on any atom is -0.481 e. The molecule has 1 aromatic rings. The molecule has 0 radical (unpaired) electrons. The molecule has 0 saturated heterocycles. The minimum atomic E-state index is -1.04. The first kappa shape index (κ1) is 16.4. The number of carboxylic acid groups (broad SMARTS) is 1. The molecule has 1 atom stereocenters. The average Bonchev–Trinajstić information content (AvgIpc) is 2.25. The summed E-state index contributed by atoms with van der Waals surface area (Å²) in [7, 11) is 0. The maximum atomic E-state index is 11.8. The van der Waals surface area contributed by atoms with Crippen molar-refractivity contribution in [1.29, 1.82) is 0 Å². The van der Waals surface area contributed by atoms with Crippen LogP contribution in [0.3, 0.4) is 0 Å². The smallest absolute Gasteiger partial charge is 0.408 e. The van der Waals surface area contributed by atoms with Gasteiger partial charge in [-0.05, 0) is 48.8 Å². The monoisotopic (exact) mass is 344 g/mol. The summed E-state index contributed by atoms with van der Waals surface area (Å²) in [4.78, 5) is 26.8. The molecule has 0 unspecified atom stereocenters. The van der Waals surface area contributed by atoms with Gasteiger partial charge in [0.05, 0.1) is 18.2 Å². The maximum absolute atomic E-state index is 11.8. The highest BCUT2D eigenvalue weighted by molar-refractivity contribution is 9.10. The van der Waals surface area contributed by atoms with Gasteiger partial charge in [-0.1, -0.05) is 0 Å². The Bertz CT molecular complexity index is 499. The fourth-order valence-corrected chi connectivity index (χ4v) is 2.03. The summed E-state index contributed by atoms with van der Waals surface area (Å²) in [6, 6.07) is 2.67. The van der Waals surface area contributed by atoms with Gasteiger partial charge < -0.3 is 15.2 Å². The second kappa shape index (κ2) is 6.69. The number of aliphatic carboxylic acids is 1. The molecule has 0 bridgehead atoms. The van der Waals surface area contributed by atoms with Crippen LogP contribution in [0.25, 0.3) is 0 Å². The summed E-state index contributed by atoms with van der Waals surface area (Å²) in [5.41, 5.74) is -0.208. The lowest BCUT2D eigenvalue weighted by Crippen LogP contribution is -2.36. The lowest BCUT2D eigenvalue weighted by molar-refractivity contribution is -0.137. The number of alkyl carbamates (subject to hydrolysis) is 1. The molecule has 110 valence electrons. The van der Waals surface area contributed by atoms with Crippen molar-refractivity contribution < 1.29 is 19.4 Å². The van der Waals surface area contributed by atoms with Crippen LogP contribution in [0.1, 0.15) is 38.9 Å². The highest BCUT2D eigenvalue weighted by atomic mass is 79.9. The molecular formula is C13H17BrN2O4. The second-order valence-corrected chi connectivity index (χ2v) is 6.02. The van der Waals surface area contributed by atoms with Crippen LogP contribution in [0.2, 0.25) is 0 Å². The number of pyridine rings is 1. The van der Waals surface area contributed by atoms with Gasteiger partial charge in [0.25, 0.3) is 0 Å². The quantitative estimate of drug-likeness (QED) is 0.876. The number of carbonyl (C=O) groups excluding carboxylic acids is 1. The molecule has 1 rings (SSSR count). The average molecular weight is 345 g/mol. The first-order valence-electron chi connectivity index (χ1n) is 6.01. The van der Waals surface area contributed by atoms with Gasteiger partial charge in [-0.25, -0.2) is 4.79 Å². The number of ether oxygens (including phenoxy) is 1. The van der Waals surface area contributed by atoms with Gasteiger partial charge in [0, 0.05) is 10.7 Å². The molecule has 0 spiro atoms. The molecule has 1 heterocycles. The Balaban J connectivity index is 2.88. The van der Waals surface area contributed by atoms with E-state index < -0.39 is 23.7 Å². The number of carboxylic acids is 1. The van der Waals surface area contributed by atoms with Crippen LogP contribution in [0.5, 0.6) is 0 Å². The van der Waals surface area contributed by atoms with E-state index in [9.17, 15) is 9.59 Å². The molecule has 6 nitrogen and oxygen atoms in total. The Labute approximate surface area is 125 Å². The van der Waals surface area contributed by atoms with Crippen molar-refractivity contribution in [3.8, 4) is 0 Å². The third-order valence-electron chi connectivity index (χ3n) is 2.19. The maximum Gasteiger partial charge on any atom is 0.408 e. The highest BCUT2D eigenvalue weighted by Gasteiger charge is 2.24. The van der Waals surface area contributed by atoms with E-state index in [4.69, 9.17) is 9.84 Å². The fourth-order valence-electron chi connectivity index (χ4n) is 1.49. The predicted molar refractivity (Wildman–Crippen MR) is 76.3 cm³/mol. The van der Waals surface area contributed by atoms with Gasteiger partial charge in [0.2, 0.25) is 0 Å². The molecule has 0 aliphatic carbocycles. The minimum absolute atomic E-state index is 0.283. The van der Waals surface area contributed by atoms with Crippen LogP contribution in [0, 0.1) is 0 Å². The molecule has 20 heavy (non-hydrogen) atoms. The number of aromatic nitrogens is 1. The zero-order chi connectivity index (χ0) is 15.3. The zero-order valence-corrected chi connectivity index (χ0v) is 13.1. The Hall–Kier alpha value is -1.63. The van der Waals surface area contributed by atoms with Crippen molar-refractivity contribution in [3.63, 3.8) is 0 Å². The van der Waals surface area contributed by atoms with E-state index in [1.165, 1.54) is 6.20 Å². The van der Waals surface area contributed by atoms with E-state index in [1.54, 1.807) is 32.9 Å². The summed E-state index contributed by atoms with van der Waals surface area (Å²) in [6.45, 7) is 5.19. The zero-order valence-electron chi connectivity index (χ0n) is 11.5. The van der Waals surface area contributed by atoms with Gasteiger partial charge in [0.15, 0.2) is 0 Å². The van der Waals surface area contributed by atoms with E-state index >= 15 is 0 Å². The van der Waals surface area contributed by atoms with Gasteiger partial charge in [-0.3, -0.25) is 9.78 Å². The molecule has 7 heteroatoms. The second-order valence-electron chi connectivity index (χ2n) is 5.17. The molecule has 0 aliphatic heterocycles. The lowest BCUT2D eigenvalue weighted by Gasteiger charge is -2.23. The Morgan fingerprint density at radius 1 is 1.50 bits per heavy atom. The van der Waals surface area contributed by atoms with Crippen molar-refractivity contribution >= 4 is 28.0 Å². The molecule has 0 saturated carbocycles. The van der Waals surface area contributed by atoms with Gasteiger partial charge >= 0.3 is 12.1 Å². The third-order valence-corrected chi connectivity index (χ3v) is 2.86. The van der Waals surface area contributed by atoms with Crippen LogP contribution in [-0.4, -0.2) is 27.8 Å². The van der Waals surface area contributed by atoms with Crippen LogP contribution < -0.4 is 5.32 Å². The first-order chi connectivity index (χ1) is 9.19. The predicted octanol–water partition coefficient (Wildman–Crippen LogP) is 2.88. The van der Waals surface area contributed by atoms with Crippen molar-refractivity contribution in [2.24, 2.45) is 0 Å². The Morgan fingerprint density at radius 2 is 2.15 bits per heavy atom. The van der Waals surface area contributed by atoms with Crippen LogP contribution in [0.15, 0.2) is 22.8 Å². The summed E-state index contributed by atoms with van der Waals surface area (Å²) in [5.74, 6) is -1.04. The van der Waals surface area contributed by atoms with E-state index in [0.717, 1.165) is 0 Å². The Kier molecular flexibility index (Phi) is 5.50. The van der Waals surface area contributed by atoms with E-state index in [1.807, 2.05) is 0 Å². The van der Waals surface area contributed by atoms with Gasteiger partial charge in [0.1, 0.15) is 5.60 Å². The lowest BCUT2D eigenvalue weighted by atomic mass is 10.1. The molecule has 2 N–H and O–H groups in total. The summed E-state index contributed by atoms with van der Waals surface area (Å²) in [6.07, 6.45) is 0.571. The number of hydrogen-bond donors (Lipinski definition) is 2. The van der Waals surface area contributed by atoms with E-state index in [0.29, 0.717) is 10.2 Å². The van der Waals surface area contributed by atoms with E-state index in [-0.39, 0.29) is 6.42 Å². The van der Waals surface area contributed by atoms with Crippen molar-refractivity contribution in [3.05, 3.63) is 28.5 Å². The van der Waals surface area contributed by atoms with Crippen molar-refractivity contribution in [2.75, 3.05) is 0 Å². The van der Waals surface area contributed by atoms with Gasteiger partial charge in [-0.15, -0.1) is 0 Å². The number of amides is 1. The van der Waals surface area contributed by atoms with E-state index in [2.05, 4.69) is 26.2 Å². The number of rotatable bonds is 4. The van der Waals surface area contributed by atoms with Crippen molar-refractivity contribution in [2.45, 2.75) is 38.8 Å². The molecule has 1 amide bonds. The van der Waals surface area contributed by atoms with Crippen molar-refractivity contribution in [1.82, 2.24) is 10.3 Å². The molecule has 0 fully saturated rings. The van der Waals surface area contributed by atoms with Crippen LogP contribution in [0.4, 0.5) is 4.79 Å². The highest BCUT2D eigenvalue weighted by Crippen LogP contribution is 2.23. The number of nitrogens with one attached hydrogen (secondary N) is 1. The van der Waals surface area contributed by atoms with Crippen LogP contribution in [-0.2, 0) is 9.53 Å². The summed E-state index contributed by atoms with van der Waals surface area (Å²) in [5, 5.41) is 11.5. The first-order valence-corrected chi connectivity index (χ1v) is 6.80. The third kappa shape index (κ3) is 5.56. The number of hydrogen-bond acceptors (Lipinski definition) is 4. The number of carbonyl (C=O) groups is 2. The normalized spacial score (nSPS) is 12.6. The molecule has 0 aromatic carbocycles. The topological polar surface area (TPSA) is 88.5 Å². The van der Waals surface area contributed by atoms with Crippen LogP contribution >= 0.6 is 15.9 Å². The Morgan fingerprint density at radius 3 is 2.65 bits per heavy atom. The SMILES string of the molecule is CC(C)(C)OC(=O)N[C@@H](CC(=O)O)c1ncccc1Br. The fraction of sp³-hybridized carbons (Fsp3) is 0.462. The molecule has 0 aliphatic rings. The molecular weight excluding hydrogens is 328 g/mol.